The summed E-state index contributed by atoms with van der Waals surface area (Å²) in [4.78, 5) is 10.8. The van der Waals surface area contributed by atoms with Crippen molar-refractivity contribution in [3.05, 3.63) is 77.3 Å². The van der Waals surface area contributed by atoms with Gasteiger partial charge in [0.25, 0.3) is 0 Å². The molecule has 0 N–H and O–H groups in total. The average molecular weight is 387 g/mol. The molecule has 4 rings (SSSR count). The highest BCUT2D eigenvalue weighted by Gasteiger charge is 2.13. The molecule has 2 nitrogen and oxygen atoms in total. The molecule has 0 fully saturated rings. The third-order valence-electron chi connectivity index (χ3n) is 3.77. The van der Waals surface area contributed by atoms with Gasteiger partial charge in [-0.1, -0.05) is 48.0 Å². The van der Waals surface area contributed by atoms with E-state index in [1.807, 2.05) is 18.2 Å². The molecule has 6 heteroatoms. The SMILES string of the molecule is Fc1cccc(Cl)c1CSc1ncnc2sc(-c3ccccc3)cc12. The molecule has 0 spiro atoms. The second-order valence-electron chi connectivity index (χ2n) is 5.36. The highest BCUT2D eigenvalue weighted by atomic mass is 35.5. The quantitative estimate of drug-likeness (QED) is 0.298. The Bertz CT molecular complexity index is 1010. The lowest BCUT2D eigenvalue weighted by Crippen LogP contribution is -1.90. The van der Waals surface area contributed by atoms with Crippen molar-refractivity contribution in [2.45, 2.75) is 10.8 Å². The first-order chi connectivity index (χ1) is 12.2. The number of hydrogen-bond donors (Lipinski definition) is 0. The van der Waals surface area contributed by atoms with Crippen molar-refractivity contribution in [2.24, 2.45) is 0 Å². The first kappa shape index (κ1) is 16.5. The molecule has 0 unspecified atom stereocenters. The van der Waals surface area contributed by atoms with Crippen molar-refractivity contribution >= 4 is 44.9 Å². The molecule has 2 aromatic carbocycles. The molecule has 0 aliphatic heterocycles. The maximum Gasteiger partial charge on any atom is 0.128 e. The first-order valence-electron chi connectivity index (χ1n) is 7.58. The highest BCUT2D eigenvalue weighted by Crippen LogP contribution is 2.37. The summed E-state index contributed by atoms with van der Waals surface area (Å²) < 4.78 is 14.0. The number of thiophene rings is 1. The van der Waals surface area contributed by atoms with E-state index in [0.717, 1.165) is 25.7 Å². The number of aromatic nitrogens is 2. The van der Waals surface area contributed by atoms with Crippen molar-refractivity contribution < 1.29 is 4.39 Å². The van der Waals surface area contributed by atoms with Crippen LogP contribution in [0.1, 0.15) is 5.56 Å². The second-order valence-corrected chi connectivity index (χ2v) is 7.77. The normalized spacial score (nSPS) is 11.1. The molecule has 0 atom stereocenters. The molecule has 2 heterocycles. The third kappa shape index (κ3) is 3.40. The summed E-state index contributed by atoms with van der Waals surface area (Å²) in [7, 11) is 0. The Morgan fingerprint density at radius 3 is 2.68 bits per heavy atom. The van der Waals surface area contributed by atoms with Gasteiger partial charge in [-0.05, 0) is 23.8 Å². The Balaban J connectivity index is 1.67. The summed E-state index contributed by atoms with van der Waals surface area (Å²) in [6, 6.07) is 17.0. The van der Waals surface area contributed by atoms with Gasteiger partial charge in [-0.3, -0.25) is 0 Å². The number of fused-ring (bicyclic) bond motifs is 1. The van der Waals surface area contributed by atoms with E-state index < -0.39 is 0 Å². The van der Waals surface area contributed by atoms with E-state index in [-0.39, 0.29) is 5.82 Å². The van der Waals surface area contributed by atoms with Crippen LogP contribution in [0.25, 0.3) is 20.7 Å². The highest BCUT2D eigenvalue weighted by molar-refractivity contribution is 7.98. The van der Waals surface area contributed by atoms with Crippen LogP contribution in [0.3, 0.4) is 0 Å². The zero-order valence-electron chi connectivity index (χ0n) is 12.9. The zero-order valence-corrected chi connectivity index (χ0v) is 15.3. The van der Waals surface area contributed by atoms with Crippen LogP contribution in [0.5, 0.6) is 0 Å². The van der Waals surface area contributed by atoms with Crippen LogP contribution in [-0.4, -0.2) is 9.97 Å². The van der Waals surface area contributed by atoms with Gasteiger partial charge in [0.05, 0.1) is 0 Å². The fourth-order valence-electron chi connectivity index (χ4n) is 2.50. The number of nitrogens with zero attached hydrogens (tertiary/aromatic N) is 2. The van der Waals surface area contributed by atoms with Gasteiger partial charge in [-0.15, -0.1) is 23.1 Å². The van der Waals surface area contributed by atoms with Gasteiger partial charge < -0.3 is 0 Å². The molecular formula is C19H12ClFN2S2. The predicted octanol–water partition coefficient (Wildman–Crippen LogP) is 6.44. The molecule has 0 saturated heterocycles. The summed E-state index contributed by atoms with van der Waals surface area (Å²) in [6.45, 7) is 0. The van der Waals surface area contributed by atoms with Crippen molar-refractivity contribution in [1.29, 1.82) is 0 Å². The van der Waals surface area contributed by atoms with E-state index in [1.54, 1.807) is 29.8 Å². The topological polar surface area (TPSA) is 25.8 Å². The van der Waals surface area contributed by atoms with Gasteiger partial charge in [0.15, 0.2) is 0 Å². The van der Waals surface area contributed by atoms with Gasteiger partial charge in [0, 0.05) is 26.6 Å². The van der Waals surface area contributed by atoms with E-state index >= 15 is 0 Å². The lowest BCUT2D eigenvalue weighted by Gasteiger charge is -2.05. The molecule has 25 heavy (non-hydrogen) atoms. The minimum absolute atomic E-state index is 0.291. The number of hydrogen-bond acceptors (Lipinski definition) is 4. The van der Waals surface area contributed by atoms with Crippen molar-refractivity contribution in [1.82, 2.24) is 9.97 Å². The van der Waals surface area contributed by atoms with Gasteiger partial charge in [0.2, 0.25) is 0 Å². The van der Waals surface area contributed by atoms with Crippen LogP contribution in [0.4, 0.5) is 4.39 Å². The summed E-state index contributed by atoms with van der Waals surface area (Å²) in [5.41, 5.74) is 1.65. The van der Waals surface area contributed by atoms with Crippen LogP contribution < -0.4 is 0 Å². The smallest absolute Gasteiger partial charge is 0.128 e. The Hall–Kier alpha value is -1.95. The van der Waals surface area contributed by atoms with E-state index in [4.69, 9.17) is 11.6 Å². The van der Waals surface area contributed by atoms with Crippen LogP contribution in [0.2, 0.25) is 5.02 Å². The van der Waals surface area contributed by atoms with Crippen molar-refractivity contribution in [3.8, 4) is 10.4 Å². The monoisotopic (exact) mass is 386 g/mol. The van der Waals surface area contributed by atoms with Gasteiger partial charge in [0.1, 0.15) is 22.0 Å². The molecule has 2 aromatic heterocycles. The number of thioether (sulfide) groups is 1. The summed E-state index contributed by atoms with van der Waals surface area (Å²) in [5, 5.41) is 2.26. The predicted molar refractivity (Wildman–Crippen MR) is 104 cm³/mol. The molecule has 4 aromatic rings. The molecule has 0 saturated carbocycles. The summed E-state index contributed by atoms with van der Waals surface area (Å²) in [6.07, 6.45) is 1.55. The lowest BCUT2D eigenvalue weighted by atomic mass is 10.2. The standard InChI is InChI=1S/C19H12ClFN2S2/c20-15-7-4-8-16(21)14(15)10-24-18-13-9-17(12-5-2-1-3-6-12)25-19(13)23-11-22-18/h1-9,11H,10H2. The molecule has 0 amide bonds. The second kappa shape index (κ2) is 7.12. The number of benzene rings is 2. The average Bonchev–Trinajstić information content (AvgIpc) is 3.07. The maximum absolute atomic E-state index is 14.0. The largest absolute Gasteiger partial charge is 0.229 e. The lowest BCUT2D eigenvalue weighted by molar-refractivity contribution is 0.617. The van der Waals surface area contributed by atoms with E-state index in [9.17, 15) is 4.39 Å². The van der Waals surface area contributed by atoms with Crippen LogP contribution >= 0.6 is 34.7 Å². The Morgan fingerprint density at radius 1 is 1.04 bits per heavy atom. The molecule has 0 radical (unpaired) electrons. The fourth-order valence-corrected chi connectivity index (χ4v) is 4.89. The van der Waals surface area contributed by atoms with E-state index in [1.165, 1.54) is 17.8 Å². The van der Waals surface area contributed by atoms with Crippen LogP contribution in [0.15, 0.2) is 66.0 Å². The number of halogens is 2. The van der Waals surface area contributed by atoms with Crippen molar-refractivity contribution in [3.63, 3.8) is 0 Å². The molecular weight excluding hydrogens is 375 g/mol. The molecule has 0 bridgehead atoms. The summed E-state index contributed by atoms with van der Waals surface area (Å²) in [5.74, 6) is 0.134. The minimum atomic E-state index is -0.291. The van der Waals surface area contributed by atoms with Gasteiger partial charge in [-0.2, -0.15) is 0 Å². The number of rotatable bonds is 4. The van der Waals surface area contributed by atoms with Crippen LogP contribution in [-0.2, 0) is 5.75 Å². The molecule has 124 valence electrons. The zero-order chi connectivity index (χ0) is 17.2. The van der Waals surface area contributed by atoms with E-state index in [0.29, 0.717) is 16.3 Å². The third-order valence-corrected chi connectivity index (χ3v) is 6.24. The maximum atomic E-state index is 14.0. The van der Waals surface area contributed by atoms with Crippen LogP contribution in [0, 0.1) is 5.82 Å². The van der Waals surface area contributed by atoms with Gasteiger partial charge >= 0.3 is 0 Å². The van der Waals surface area contributed by atoms with E-state index in [2.05, 4.69) is 28.2 Å². The fraction of sp³-hybridized carbons (Fsp3) is 0.0526. The summed E-state index contributed by atoms with van der Waals surface area (Å²) >= 11 is 9.21. The molecule has 0 aliphatic carbocycles. The van der Waals surface area contributed by atoms with Gasteiger partial charge in [-0.25, -0.2) is 14.4 Å². The molecule has 0 aliphatic rings. The Kier molecular flexibility index (Phi) is 4.70. The Labute approximate surface area is 157 Å². The van der Waals surface area contributed by atoms with Crippen molar-refractivity contribution in [2.75, 3.05) is 0 Å². The Morgan fingerprint density at radius 2 is 1.88 bits per heavy atom. The first-order valence-corrected chi connectivity index (χ1v) is 9.76. The minimum Gasteiger partial charge on any atom is -0.229 e.